The molecule has 1 aromatic rings. The van der Waals surface area contributed by atoms with Crippen LogP contribution >= 0.6 is 0 Å². The van der Waals surface area contributed by atoms with E-state index in [9.17, 15) is 14.0 Å². The van der Waals surface area contributed by atoms with Gasteiger partial charge in [0, 0.05) is 29.4 Å². The van der Waals surface area contributed by atoms with E-state index in [1.54, 1.807) is 0 Å². The van der Waals surface area contributed by atoms with Crippen molar-refractivity contribution in [1.82, 2.24) is 9.13 Å². The van der Waals surface area contributed by atoms with Gasteiger partial charge in [0.05, 0.1) is 6.20 Å². The van der Waals surface area contributed by atoms with Crippen molar-refractivity contribution in [2.24, 2.45) is 0 Å². The van der Waals surface area contributed by atoms with Crippen LogP contribution in [-0.2, 0) is 22.9 Å². The van der Waals surface area contributed by atoms with Gasteiger partial charge in [-0.25, -0.2) is 9.36 Å². The first-order valence-electron chi connectivity index (χ1n) is 11.6. The minimum atomic E-state index is -1.02. The van der Waals surface area contributed by atoms with Crippen molar-refractivity contribution in [2.45, 2.75) is 103 Å². The van der Waals surface area contributed by atoms with E-state index in [4.69, 9.17) is 9.47 Å². The lowest BCUT2D eigenvalue weighted by atomic mass is 10.3. The highest BCUT2D eigenvalue weighted by atomic mass is 28.3. The average molecular weight is 475 g/mol. The van der Waals surface area contributed by atoms with E-state index in [0.717, 1.165) is 41.0 Å². The summed E-state index contributed by atoms with van der Waals surface area (Å²) < 4.78 is 26.9. The molecular formula is C22H43FN2O4Si2. The SMILES string of the molecule is C[Si](C)(C)CCCCCOCn1cc(F)c(=O)n(COCCCCC[Si](C)(C)C)c1=O. The van der Waals surface area contributed by atoms with Gasteiger partial charge in [-0.15, -0.1) is 0 Å². The van der Waals surface area contributed by atoms with Crippen LogP contribution in [0.3, 0.4) is 0 Å². The Morgan fingerprint density at radius 1 is 0.774 bits per heavy atom. The maximum absolute atomic E-state index is 14.0. The fourth-order valence-electron chi connectivity index (χ4n) is 3.22. The second-order valence-corrected chi connectivity index (χ2v) is 22.0. The Morgan fingerprint density at radius 2 is 1.26 bits per heavy atom. The summed E-state index contributed by atoms with van der Waals surface area (Å²) in [4.78, 5) is 24.5. The molecule has 1 aromatic heterocycles. The Bertz CT molecular complexity index is 767. The summed E-state index contributed by atoms with van der Waals surface area (Å²) in [6.45, 7) is 14.8. The molecule has 31 heavy (non-hydrogen) atoms. The summed E-state index contributed by atoms with van der Waals surface area (Å²) >= 11 is 0. The monoisotopic (exact) mass is 474 g/mol. The van der Waals surface area contributed by atoms with Crippen LogP contribution in [0.25, 0.3) is 0 Å². The normalized spacial score (nSPS) is 12.5. The number of rotatable bonds is 16. The van der Waals surface area contributed by atoms with Crippen molar-refractivity contribution >= 4 is 16.1 Å². The second kappa shape index (κ2) is 13.5. The molecule has 0 aliphatic carbocycles. The molecule has 0 saturated heterocycles. The predicted molar refractivity (Wildman–Crippen MR) is 131 cm³/mol. The van der Waals surface area contributed by atoms with Crippen LogP contribution in [0.15, 0.2) is 15.8 Å². The molecule has 1 heterocycles. The Balaban J connectivity index is 2.42. The van der Waals surface area contributed by atoms with E-state index in [1.807, 2.05) is 0 Å². The van der Waals surface area contributed by atoms with Crippen LogP contribution in [0.1, 0.15) is 38.5 Å². The van der Waals surface area contributed by atoms with Gasteiger partial charge in [0.25, 0.3) is 5.56 Å². The number of unbranched alkanes of at least 4 members (excludes halogenated alkanes) is 4. The molecular weight excluding hydrogens is 431 g/mol. The number of nitrogens with zero attached hydrogens (tertiary/aromatic N) is 2. The molecule has 180 valence electrons. The van der Waals surface area contributed by atoms with Crippen LogP contribution in [0.4, 0.5) is 4.39 Å². The van der Waals surface area contributed by atoms with Gasteiger partial charge in [-0.3, -0.25) is 9.36 Å². The number of halogens is 1. The Kier molecular flexibility index (Phi) is 12.2. The standard InChI is InChI=1S/C22H43FN2O4Si2/c1-30(2,3)15-11-7-9-13-28-18-24-17-20(23)21(26)25(22(24)27)19-29-14-10-8-12-16-31(4,5)6/h17H,7-16,18-19H2,1-6H3. The van der Waals surface area contributed by atoms with E-state index >= 15 is 0 Å². The zero-order valence-electron chi connectivity index (χ0n) is 20.5. The summed E-state index contributed by atoms with van der Waals surface area (Å²) in [6, 6.07) is 2.57. The van der Waals surface area contributed by atoms with Gasteiger partial charge in [0.15, 0.2) is 0 Å². The molecule has 0 atom stereocenters. The predicted octanol–water partition coefficient (Wildman–Crippen LogP) is 5.11. The highest BCUT2D eigenvalue weighted by Crippen LogP contribution is 2.14. The highest BCUT2D eigenvalue weighted by molar-refractivity contribution is 6.76. The van der Waals surface area contributed by atoms with Gasteiger partial charge in [-0.1, -0.05) is 77.1 Å². The van der Waals surface area contributed by atoms with Crippen LogP contribution in [0, 0.1) is 5.82 Å². The quantitative estimate of drug-likeness (QED) is 0.247. The molecule has 9 heteroatoms. The van der Waals surface area contributed by atoms with Crippen LogP contribution in [-0.4, -0.2) is 38.5 Å². The van der Waals surface area contributed by atoms with Gasteiger partial charge < -0.3 is 9.47 Å². The van der Waals surface area contributed by atoms with Gasteiger partial charge in [-0.05, 0) is 12.8 Å². The van der Waals surface area contributed by atoms with Crippen molar-refractivity contribution in [2.75, 3.05) is 13.2 Å². The van der Waals surface area contributed by atoms with Crippen LogP contribution < -0.4 is 11.2 Å². The molecule has 0 saturated carbocycles. The van der Waals surface area contributed by atoms with E-state index in [-0.39, 0.29) is 13.5 Å². The molecule has 0 radical (unpaired) electrons. The molecule has 0 aliphatic rings. The fourth-order valence-corrected chi connectivity index (χ4v) is 5.84. The number of hydrogen-bond acceptors (Lipinski definition) is 4. The van der Waals surface area contributed by atoms with Crippen molar-refractivity contribution in [3.05, 3.63) is 32.9 Å². The maximum atomic E-state index is 14.0. The molecule has 0 aliphatic heterocycles. The third kappa shape index (κ3) is 12.5. The molecule has 0 fully saturated rings. The molecule has 0 amide bonds. The topological polar surface area (TPSA) is 62.5 Å². The minimum Gasteiger partial charge on any atom is -0.361 e. The Morgan fingerprint density at radius 3 is 1.74 bits per heavy atom. The van der Waals surface area contributed by atoms with E-state index in [1.165, 1.54) is 24.9 Å². The molecule has 0 unspecified atom stereocenters. The fraction of sp³-hybridized carbons (Fsp3) is 0.818. The maximum Gasteiger partial charge on any atom is 0.334 e. The first kappa shape index (κ1) is 28.0. The zero-order valence-corrected chi connectivity index (χ0v) is 22.5. The number of aromatic nitrogens is 2. The molecule has 6 nitrogen and oxygen atoms in total. The third-order valence-corrected chi connectivity index (χ3v) is 8.78. The van der Waals surface area contributed by atoms with Crippen LogP contribution in [0.2, 0.25) is 51.4 Å². The van der Waals surface area contributed by atoms with Gasteiger partial charge >= 0.3 is 5.69 Å². The molecule has 0 N–H and O–H groups in total. The van der Waals surface area contributed by atoms with E-state index in [2.05, 4.69) is 39.3 Å². The molecule has 1 rings (SSSR count). The summed E-state index contributed by atoms with van der Waals surface area (Å²) in [6.07, 6.45) is 7.18. The van der Waals surface area contributed by atoms with Gasteiger partial charge in [0.2, 0.25) is 5.82 Å². The Hall–Kier alpha value is -1.04. The molecule has 0 spiro atoms. The lowest BCUT2D eigenvalue weighted by molar-refractivity contribution is 0.0524. The Labute approximate surface area is 188 Å². The smallest absolute Gasteiger partial charge is 0.334 e. The molecule has 0 bridgehead atoms. The van der Waals surface area contributed by atoms with Crippen molar-refractivity contribution < 1.29 is 13.9 Å². The summed E-state index contributed by atoms with van der Waals surface area (Å²) in [5.41, 5.74) is -1.56. The number of hydrogen-bond donors (Lipinski definition) is 0. The molecule has 0 aromatic carbocycles. The third-order valence-electron chi connectivity index (χ3n) is 5.08. The first-order valence-corrected chi connectivity index (χ1v) is 19.0. The van der Waals surface area contributed by atoms with E-state index < -0.39 is 33.2 Å². The summed E-state index contributed by atoms with van der Waals surface area (Å²) in [7, 11) is -2.02. The van der Waals surface area contributed by atoms with Gasteiger partial charge in [-0.2, -0.15) is 4.39 Å². The highest BCUT2D eigenvalue weighted by Gasteiger charge is 2.13. The summed E-state index contributed by atoms with van der Waals surface area (Å²) in [5.74, 6) is -0.975. The van der Waals surface area contributed by atoms with Crippen molar-refractivity contribution in [3.8, 4) is 0 Å². The lowest BCUT2D eigenvalue weighted by Gasteiger charge is -2.15. The first-order chi connectivity index (χ1) is 14.4. The zero-order chi connectivity index (χ0) is 23.5. The van der Waals surface area contributed by atoms with Crippen molar-refractivity contribution in [3.63, 3.8) is 0 Å². The summed E-state index contributed by atoms with van der Waals surface area (Å²) in [5, 5.41) is 0. The van der Waals surface area contributed by atoms with Crippen LogP contribution in [0.5, 0.6) is 0 Å². The van der Waals surface area contributed by atoms with E-state index in [0.29, 0.717) is 13.2 Å². The second-order valence-electron chi connectivity index (χ2n) is 10.8. The lowest BCUT2D eigenvalue weighted by Crippen LogP contribution is -2.42. The number of ether oxygens (including phenoxy) is 2. The average Bonchev–Trinajstić information content (AvgIpc) is 2.64. The minimum absolute atomic E-state index is 0.0687. The van der Waals surface area contributed by atoms with Crippen molar-refractivity contribution in [1.29, 1.82) is 0 Å². The largest absolute Gasteiger partial charge is 0.361 e. The van der Waals surface area contributed by atoms with Gasteiger partial charge in [0.1, 0.15) is 13.5 Å².